The van der Waals surface area contributed by atoms with Crippen LogP contribution in [-0.2, 0) is 19.3 Å². The maximum Gasteiger partial charge on any atom is 0.552 e. The maximum absolute atomic E-state index is 10.3. The summed E-state index contributed by atoms with van der Waals surface area (Å²) in [6, 6.07) is 0. The molecule has 11 heavy (non-hydrogen) atoms. The first-order chi connectivity index (χ1) is 5.16. The van der Waals surface area contributed by atoms with Crippen molar-refractivity contribution in [1.29, 1.82) is 0 Å². The van der Waals surface area contributed by atoms with Gasteiger partial charge in [-0.25, -0.2) is 4.79 Å². The van der Waals surface area contributed by atoms with Crippen LogP contribution < -0.4 is 0 Å². The number of rotatable bonds is 3. The molecule has 0 aromatic rings. The first kappa shape index (κ1) is 9.54. The third kappa shape index (κ3) is 6.42. The average molecular weight is 163 g/mol. The predicted molar refractivity (Wildman–Crippen MR) is 30.1 cm³/mol. The molecule has 0 heterocycles. The fourth-order valence-electron chi connectivity index (χ4n) is 0.285. The fourth-order valence-corrected chi connectivity index (χ4v) is 0.285. The average Bonchev–Trinajstić information content (AvgIpc) is 1.87. The van der Waals surface area contributed by atoms with Crippen molar-refractivity contribution in [3.8, 4) is 0 Å². The first-order valence-electron chi connectivity index (χ1n) is 2.80. The van der Waals surface area contributed by atoms with Gasteiger partial charge in [-0.3, -0.25) is 0 Å². The minimum Gasteiger partial charge on any atom is -0.435 e. The fraction of sp³-hybridized carbons (Fsp3) is 0.600. The van der Waals surface area contributed by atoms with Crippen molar-refractivity contribution >= 4 is 12.3 Å². The Morgan fingerprint density at radius 3 is 2.27 bits per heavy atom. The zero-order chi connectivity index (χ0) is 8.69. The molecule has 0 saturated heterocycles. The van der Waals surface area contributed by atoms with Crippen LogP contribution in [0.1, 0.15) is 6.92 Å². The van der Waals surface area contributed by atoms with Gasteiger partial charge >= 0.3 is 12.3 Å². The number of carbonyl (C=O) groups excluding carboxylic acids is 2. The summed E-state index contributed by atoms with van der Waals surface area (Å²) in [5, 5.41) is 9.57. The summed E-state index contributed by atoms with van der Waals surface area (Å²) in [5.74, 6) is 0. The summed E-state index contributed by atoms with van der Waals surface area (Å²) in [7, 11) is 0. The van der Waals surface area contributed by atoms with Crippen molar-refractivity contribution in [2.75, 3.05) is 13.4 Å². The molecule has 0 N–H and O–H groups in total. The van der Waals surface area contributed by atoms with Gasteiger partial charge in [0.2, 0.25) is 6.79 Å². The van der Waals surface area contributed by atoms with Gasteiger partial charge in [0.1, 0.15) is 0 Å². The third-order valence-electron chi connectivity index (χ3n) is 0.616. The van der Waals surface area contributed by atoms with E-state index in [1.807, 2.05) is 0 Å². The van der Waals surface area contributed by atoms with E-state index in [0.717, 1.165) is 0 Å². The van der Waals surface area contributed by atoms with E-state index in [4.69, 9.17) is 0 Å². The topological polar surface area (TPSA) is 81.7 Å². The van der Waals surface area contributed by atoms with Crippen LogP contribution in [0.3, 0.4) is 0 Å². The summed E-state index contributed by atoms with van der Waals surface area (Å²) in [6.45, 7) is 1.03. The minimum absolute atomic E-state index is 0.157. The molecule has 0 atom stereocenters. The van der Waals surface area contributed by atoms with Crippen LogP contribution in [0.2, 0.25) is 0 Å². The number of hydrogen-bond acceptors (Lipinski definition) is 5. The highest BCUT2D eigenvalue weighted by atomic mass is 16.8. The maximum atomic E-state index is 10.3. The summed E-state index contributed by atoms with van der Waals surface area (Å²) in [6.07, 6.45) is -2.73. The van der Waals surface area contributed by atoms with Gasteiger partial charge in [0.15, 0.2) is 0 Å². The van der Waals surface area contributed by atoms with Gasteiger partial charge in [0.05, 0.1) is 6.61 Å². The van der Waals surface area contributed by atoms with Gasteiger partial charge in [-0.05, 0) is 6.92 Å². The van der Waals surface area contributed by atoms with Crippen molar-refractivity contribution in [3.63, 3.8) is 0 Å². The Hall–Kier alpha value is -1.46. The second kappa shape index (κ2) is 5.33. The lowest BCUT2D eigenvalue weighted by atomic mass is 10.9. The van der Waals surface area contributed by atoms with Crippen LogP contribution >= 0.6 is 0 Å². The highest BCUT2D eigenvalue weighted by molar-refractivity contribution is 5.60. The van der Waals surface area contributed by atoms with E-state index in [9.17, 15) is 14.7 Å². The Balaban J connectivity index is 3.24. The van der Waals surface area contributed by atoms with Gasteiger partial charge in [-0.2, -0.15) is 9.90 Å². The Morgan fingerprint density at radius 2 is 1.82 bits per heavy atom. The highest BCUT2D eigenvalue weighted by Gasteiger charge is 2.04. The summed E-state index contributed by atoms with van der Waals surface area (Å²) < 4.78 is 12.1. The molecule has 0 aliphatic rings. The first-order valence-corrected chi connectivity index (χ1v) is 2.80. The van der Waals surface area contributed by atoms with E-state index >= 15 is 0 Å². The van der Waals surface area contributed by atoms with Crippen LogP contribution in [0.5, 0.6) is 0 Å². The molecule has 0 bridgehead atoms. The van der Waals surface area contributed by atoms with Crippen LogP contribution in [0.25, 0.3) is 0 Å². The lowest BCUT2D eigenvalue weighted by molar-refractivity contribution is -0.0346. The van der Waals surface area contributed by atoms with Gasteiger partial charge in [0, 0.05) is 0 Å². The van der Waals surface area contributed by atoms with Crippen LogP contribution in [-0.4, -0.2) is 25.7 Å². The molecule has 0 aromatic heterocycles. The Kier molecular flexibility index (Phi) is 4.63. The molecule has 0 fully saturated rings. The van der Waals surface area contributed by atoms with Crippen molar-refractivity contribution in [2.45, 2.75) is 6.92 Å². The van der Waals surface area contributed by atoms with Crippen molar-refractivity contribution in [1.82, 2.24) is 0 Å². The zero-order valence-electron chi connectivity index (χ0n) is 5.86. The van der Waals surface area contributed by atoms with E-state index in [0.29, 0.717) is 0 Å². The zero-order valence-corrected chi connectivity index (χ0v) is 5.86. The molecule has 0 aliphatic heterocycles. The van der Waals surface area contributed by atoms with E-state index in [1.54, 1.807) is 6.92 Å². The smallest absolute Gasteiger partial charge is 0.435 e. The molecule has 0 aliphatic carbocycles. The standard InChI is InChI=1S/C5H7O6/c1-2-9-5(8)11-3-10-4(6)7/h2-3H2,1H3. The van der Waals surface area contributed by atoms with Gasteiger partial charge in [-0.1, -0.05) is 0 Å². The van der Waals surface area contributed by atoms with E-state index in [1.165, 1.54) is 0 Å². The van der Waals surface area contributed by atoms with Crippen LogP contribution in [0, 0.1) is 0 Å². The molecule has 0 aromatic carbocycles. The third-order valence-corrected chi connectivity index (χ3v) is 0.616. The quantitative estimate of drug-likeness (QED) is 0.451. The molecule has 0 amide bonds. The monoisotopic (exact) mass is 163 g/mol. The summed E-state index contributed by atoms with van der Waals surface area (Å²) in [5.41, 5.74) is 0. The van der Waals surface area contributed by atoms with E-state index in [-0.39, 0.29) is 6.61 Å². The molecule has 63 valence electrons. The summed E-state index contributed by atoms with van der Waals surface area (Å²) in [4.78, 5) is 19.9. The molecule has 0 spiro atoms. The van der Waals surface area contributed by atoms with E-state index < -0.39 is 19.1 Å². The van der Waals surface area contributed by atoms with Gasteiger partial charge < -0.3 is 14.2 Å². The normalized spacial score (nSPS) is 8.45. The van der Waals surface area contributed by atoms with Crippen LogP contribution in [0.15, 0.2) is 0 Å². The lowest BCUT2D eigenvalue weighted by Gasteiger charge is -2.01. The summed E-state index contributed by atoms with van der Waals surface area (Å²) >= 11 is 0. The molecule has 0 unspecified atom stereocenters. The van der Waals surface area contributed by atoms with Gasteiger partial charge in [-0.15, -0.1) is 0 Å². The Bertz CT molecular complexity index is 142. The minimum atomic E-state index is -1.76. The van der Waals surface area contributed by atoms with Crippen molar-refractivity contribution in [2.24, 2.45) is 0 Å². The molecule has 6 heteroatoms. The largest absolute Gasteiger partial charge is 0.552 e. The van der Waals surface area contributed by atoms with E-state index in [2.05, 4.69) is 14.2 Å². The highest BCUT2D eigenvalue weighted by Crippen LogP contribution is 1.85. The second-order valence-electron chi connectivity index (χ2n) is 1.34. The molecule has 0 rings (SSSR count). The molecule has 0 saturated carbocycles. The SMILES string of the molecule is CCOC(=O)OCOC([O])=O. The Labute approximate surface area is 62.7 Å². The molecule has 1 radical (unpaired) electrons. The second-order valence-corrected chi connectivity index (χ2v) is 1.34. The number of ether oxygens (including phenoxy) is 3. The van der Waals surface area contributed by atoms with Crippen molar-refractivity contribution < 1.29 is 28.9 Å². The van der Waals surface area contributed by atoms with Crippen LogP contribution in [0.4, 0.5) is 9.59 Å². The van der Waals surface area contributed by atoms with Crippen molar-refractivity contribution in [3.05, 3.63) is 0 Å². The molecular weight excluding hydrogens is 156 g/mol. The lowest BCUT2D eigenvalue weighted by Crippen LogP contribution is -2.11. The number of carbonyl (C=O) groups is 2. The Morgan fingerprint density at radius 1 is 1.18 bits per heavy atom. The number of hydrogen-bond donors (Lipinski definition) is 0. The predicted octanol–water partition coefficient (Wildman–Crippen LogP) is 0.684. The molecular formula is C5H7O6. The van der Waals surface area contributed by atoms with Gasteiger partial charge in [0.25, 0.3) is 0 Å². The molecule has 6 nitrogen and oxygen atoms in total.